The van der Waals surface area contributed by atoms with Crippen molar-refractivity contribution in [1.29, 1.82) is 0 Å². The van der Waals surface area contributed by atoms with Gasteiger partial charge in [-0.25, -0.2) is 4.68 Å². The first-order valence-corrected chi connectivity index (χ1v) is 16.5. The van der Waals surface area contributed by atoms with Gasteiger partial charge in [0.15, 0.2) is 11.7 Å². The predicted molar refractivity (Wildman–Crippen MR) is 181 cm³/mol. The summed E-state index contributed by atoms with van der Waals surface area (Å²) in [6.07, 6.45) is 6.61. The van der Waals surface area contributed by atoms with E-state index >= 15 is 0 Å². The fourth-order valence-electron chi connectivity index (χ4n) is 8.21. The smallest absolute Gasteiger partial charge is 0.231 e. The van der Waals surface area contributed by atoms with E-state index in [9.17, 15) is 0 Å². The second-order valence-electron chi connectivity index (χ2n) is 12.4. The number of benzene rings is 3. The fourth-order valence-corrected chi connectivity index (χ4v) is 9.35. The van der Waals surface area contributed by atoms with Crippen molar-refractivity contribution in [2.45, 2.75) is 52.1 Å². The topological polar surface area (TPSA) is 25.6 Å². The minimum atomic E-state index is -0.247. The van der Waals surface area contributed by atoms with Crippen LogP contribution < -0.4 is 9.13 Å². The van der Waals surface area contributed by atoms with Crippen molar-refractivity contribution >= 4 is 48.6 Å². The quantitative estimate of drug-likeness (QED) is 0.189. The Hall–Kier alpha value is -4.61. The molecule has 1 atom stereocenters. The summed E-state index contributed by atoms with van der Waals surface area (Å²) in [6, 6.07) is 34.0. The Balaban J connectivity index is 1.44. The molecule has 0 N–H and O–H groups in total. The van der Waals surface area contributed by atoms with Gasteiger partial charge in [0.25, 0.3) is 0 Å². The minimum absolute atomic E-state index is 0.0102. The molecule has 0 radical (unpaired) electrons. The third-order valence-electron chi connectivity index (χ3n) is 10.3. The Morgan fingerprint density at radius 3 is 2.41 bits per heavy atom. The molecule has 0 saturated heterocycles. The minimum Gasteiger partial charge on any atom is -0.233 e. The normalized spacial score (nSPS) is 16.5. The number of aromatic nitrogens is 4. The molecule has 9 rings (SSSR count). The van der Waals surface area contributed by atoms with E-state index < -0.39 is 0 Å². The molecule has 0 amide bonds. The molecule has 3 aromatic carbocycles. The summed E-state index contributed by atoms with van der Waals surface area (Å²) in [6.45, 7) is 9.06. The number of para-hydroxylation sites is 1. The van der Waals surface area contributed by atoms with E-state index in [0.717, 1.165) is 24.2 Å². The average molecular weight is 591 g/mol. The molecule has 2 aliphatic rings. The average Bonchev–Trinajstić information content (AvgIpc) is 3.69. The van der Waals surface area contributed by atoms with Crippen LogP contribution in [0, 0.1) is 13.8 Å². The number of allylic oxidation sites excluding steroid dienone is 1. The van der Waals surface area contributed by atoms with Gasteiger partial charge in [-0.05, 0) is 55.8 Å². The van der Waals surface area contributed by atoms with Crippen LogP contribution in [0.1, 0.15) is 49.6 Å². The lowest BCUT2D eigenvalue weighted by molar-refractivity contribution is -0.754. The van der Waals surface area contributed by atoms with Gasteiger partial charge >= 0.3 is 0 Å². The standard InChI is InChI=1S/C39H34N4S/c1-5-39(6-2)31(23-42-35(20-25(4)40-42)33-16-11-12-18-41(33)39)38-30-22-37-29(27-14-8-10-17-36(27)44-37)21-28(30)34-19-24(3)26-13-7-9-15-32(26)43(34)38/h7-23,38H,5-6H2,1-4H3/q+2. The van der Waals surface area contributed by atoms with Gasteiger partial charge in [-0.2, -0.15) is 14.2 Å². The van der Waals surface area contributed by atoms with E-state index in [1.807, 2.05) is 11.3 Å². The summed E-state index contributed by atoms with van der Waals surface area (Å²) in [5.41, 5.74) is 11.1. The number of pyridine rings is 2. The Morgan fingerprint density at radius 2 is 1.57 bits per heavy atom. The van der Waals surface area contributed by atoms with Gasteiger partial charge in [-0.15, -0.1) is 11.3 Å². The summed E-state index contributed by atoms with van der Waals surface area (Å²) >= 11 is 1.91. The van der Waals surface area contributed by atoms with Crippen LogP contribution in [0.3, 0.4) is 0 Å². The summed E-state index contributed by atoms with van der Waals surface area (Å²) < 4.78 is 10.0. The number of hydrogen-bond acceptors (Lipinski definition) is 2. The van der Waals surface area contributed by atoms with Gasteiger partial charge in [0.1, 0.15) is 5.69 Å². The van der Waals surface area contributed by atoms with Gasteiger partial charge < -0.3 is 0 Å². The Bertz CT molecular complexity index is 2350. The van der Waals surface area contributed by atoms with E-state index in [1.54, 1.807) is 0 Å². The van der Waals surface area contributed by atoms with Crippen LogP contribution >= 0.6 is 11.3 Å². The number of nitrogens with zero attached hydrogens (tertiary/aromatic N) is 4. The van der Waals surface area contributed by atoms with Crippen LogP contribution in [0.2, 0.25) is 0 Å². The molecule has 44 heavy (non-hydrogen) atoms. The summed E-state index contributed by atoms with van der Waals surface area (Å²) in [7, 11) is 0. The Labute approximate surface area is 261 Å². The molecule has 0 aliphatic carbocycles. The molecular formula is C39H34N4S+2. The lowest BCUT2D eigenvalue weighted by atomic mass is 9.78. The molecule has 214 valence electrons. The molecule has 2 aliphatic heterocycles. The van der Waals surface area contributed by atoms with Gasteiger partial charge in [0, 0.05) is 74.4 Å². The molecule has 6 heterocycles. The van der Waals surface area contributed by atoms with Gasteiger partial charge in [-0.1, -0.05) is 44.2 Å². The highest BCUT2D eigenvalue weighted by molar-refractivity contribution is 7.25. The van der Waals surface area contributed by atoms with Crippen molar-refractivity contribution in [2.24, 2.45) is 0 Å². The fraction of sp³-hybridized carbons (Fsp3) is 0.205. The molecule has 1 unspecified atom stereocenters. The summed E-state index contributed by atoms with van der Waals surface area (Å²) in [5.74, 6) is 0. The van der Waals surface area contributed by atoms with Crippen LogP contribution in [0.15, 0.2) is 103 Å². The lowest BCUT2D eigenvalue weighted by Crippen LogP contribution is -2.60. The second-order valence-corrected chi connectivity index (χ2v) is 13.5. The third kappa shape index (κ3) is 3.31. The zero-order valence-corrected chi connectivity index (χ0v) is 26.3. The molecule has 0 fully saturated rings. The van der Waals surface area contributed by atoms with Crippen molar-refractivity contribution in [1.82, 2.24) is 9.78 Å². The van der Waals surface area contributed by atoms with E-state index in [4.69, 9.17) is 5.10 Å². The van der Waals surface area contributed by atoms with Crippen molar-refractivity contribution in [3.63, 3.8) is 0 Å². The zero-order valence-electron chi connectivity index (χ0n) is 25.5. The van der Waals surface area contributed by atoms with E-state index in [2.05, 4.69) is 145 Å². The predicted octanol–water partition coefficient (Wildman–Crippen LogP) is 8.90. The molecule has 0 spiro atoms. The van der Waals surface area contributed by atoms with Crippen molar-refractivity contribution < 1.29 is 9.13 Å². The maximum atomic E-state index is 5.05. The van der Waals surface area contributed by atoms with Crippen molar-refractivity contribution in [3.8, 4) is 22.6 Å². The highest BCUT2D eigenvalue weighted by atomic mass is 32.1. The molecule has 0 bridgehead atoms. The highest BCUT2D eigenvalue weighted by Crippen LogP contribution is 2.49. The molecule has 5 heteroatoms. The van der Waals surface area contributed by atoms with Crippen molar-refractivity contribution in [3.05, 3.63) is 120 Å². The van der Waals surface area contributed by atoms with Crippen LogP contribution in [0.25, 0.3) is 59.9 Å². The number of rotatable bonds is 3. The molecule has 7 aromatic rings. The maximum absolute atomic E-state index is 5.05. The number of hydrogen-bond donors (Lipinski definition) is 0. The van der Waals surface area contributed by atoms with Crippen LogP contribution in [0.4, 0.5) is 0 Å². The van der Waals surface area contributed by atoms with E-state index in [0.29, 0.717) is 0 Å². The zero-order chi connectivity index (χ0) is 29.7. The molecule has 4 nitrogen and oxygen atoms in total. The lowest BCUT2D eigenvalue weighted by Gasteiger charge is -2.30. The van der Waals surface area contributed by atoms with Gasteiger partial charge in [0.05, 0.1) is 16.8 Å². The van der Waals surface area contributed by atoms with E-state index in [-0.39, 0.29) is 11.6 Å². The van der Waals surface area contributed by atoms with Crippen molar-refractivity contribution in [2.75, 3.05) is 0 Å². The largest absolute Gasteiger partial charge is 0.233 e. The van der Waals surface area contributed by atoms with Crippen LogP contribution in [-0.4, -0.2) is 9.78 Å². The highest BCUT2D eigenvalue weighted by Gasteiger charge is 2.54. The maximum Gasteiger partial charge on any atom is 0.231 e. The summed E-state index contributed by atoms with van der Waals surface area (Å²) in [5, 5.41) is 9.04. The first kappa shape index (κ1) is 25.8. The number of fused-ring (bicyclic) bond motifs is 11. The molecule has 4 aromatic heterocycles. The SMILES string of the molecule is CCC1(CC)C(C2c3cc4sc5ccccc5c4cc3-c3cc(C)c4ccccc4[n+]32)=Cn2nc(C)cc2-c2cccc[n+]21. The molecular weight excluding hydrogens is 557 g/mol. The third-order valence-corrected chi connectivity index (χ3v) is 11.4. The van der Waals surface area contributed by atoms with Crippen LogP contribution in [0.5, 0.6) is 0 Å². The first-order chi connectivity index (χ1) is 21.5. The monoisotopic (exact) mass is 590 g/mol. The van der Waals surface area contributed by atoms with Crippen LogP contribution in [-0.2, 0) is 5.54 Å². The molecule has 0 saturated carbocycles. The number of thiophene rings is 1. The van der Waals surface area contributed by atoms with Gasteiger partial charge in [-0.3, -0.25) is 0 Å². The number of aryl methyl sites for hydroxylation is 2. The van der Waals surface area contributed by atoms with Gasteiger partial charge in [0.2, 0.25) is 22.9 Å². The second kappa shape index (κ2) is 9.20. The summed E-state index contributed by atoms with van der Waals surface area (Å²) in [4.78, 5) is 0. The first-order valence-electron chi connectivity index (χ1n) is 15.7. The Kier molecular flexibility index (Phi) is 5.40. The van der Waals surface area contributed by atoms with E-state index in [1.165, 1.54) is 64.7 Å². The Morgan fingerprint density at radius 1 is 0.795 bits per heavy atom.